The molecule has 0 unspecified atom stereocenters. The van der Waals surface area contributed by atoms with Crippen LogP contribution in [0.5, 0.6) is 0 Å². The lowest BCUT2D eigenvalue weighted by Crippen LogP contribution is -2.39. The average molecular weight is 276 g/mol. The van der Waals surface area contributed by atoms with E-state index in [4.69, 9.17) is 5.73 Å². The van der Waals surface area contributed by atoms with E-state index in [1.807, 2.05) is 0 Å². The second kappa shape index (κ2) is 4.91. The third-order valence-corrected chi connectivity index (χ3v) is 4.97. The van der Waals surface area contributed by atoms with Gasteiger partial charge in [0, 0.05) is 25.2 Å². The van der Waals surface area contributed by atoms with E-state index >= 15 is 0 Å². The maximum atomic E-state index is 13.1. The number of hydrogen-bond acceptors (Lipinski definition) is 3. The quantitative estimate of drug-likeness (QED) is 0.898. The first-order valence-electron chi connectivity index (χ1n) is 5.63. The van der Waals surface area contributed by atoms with E-state index < -0.39 is 21.7 Å². The predicted molar refractivity (Wildman–Crippen MR) is 62.3 cm³/mol. The summed E-state index contributed by atoms with van der Waals surface area (Å²) in [6.07, 6.45) is 1.38. The highest BCUT2D eigenvalue weighted by Gasteiger charge is 2.34. The Morgan fingerprint density at radius 3 is 2.44 bits per heavy atom. The molecule has 4 nitrogen and oxygen atoms in total. The van der Waals surface area contributed by atoms with Crippen molar-refractivity contribution in [1.29, 1.82) is 0 Å². The van der Waals surface area contributed by atoms with Crippen molar-refractivity contribution in [3.8, 4) is 0 Å². The fourth-order valence-corrected chi connectivity index (χ4v) is 3.92. The van der Waals surface area contributed by atoms with Crippen molar-refractivity contribution in [2.75, 3.05) is 13.1 Å². The summed E-state index contributed by atoms with van der Waals surface area (Å²) in [7, 11) is -3.87. The second-order valence-electron chi connectivity index (χ2n) is 4.25. The number of hydrogen-bond donors (Lipinski definition) is 1. The van der Waals surface area contributed by atoms with Gasteiger partial charge in [-0.1, -0.05) is 0 Å². The van der Waals surface area contributed by atoms with Gasteiger partial charge < -0.3 is 5.73 Å². The normalized spacial score (nSPS) is 21.4. The van der Waals surface area contributed by atoms with Gasteiger partial charge in [0.05, 0.1) is 4.90 Å². The zero-order valence-electron chi connectivity index (χ0n) is 9.64. The van der Waals surface area contributed by atoms with Crippen molar-refractivity contribution >= 4 is 10.0 Å². The molecule has 1 aromatic rings. The molecule has 1 heterocycles. The topological polar surface area (TPSA) is 63.4 Å². The Balaban J connectivity index is 2.41. The minimum Gasteiger partial charge on any atom is -0.329 e. The van der Waals surface area contributed by atoms with Gasteiger partial charge in [-0.05, 0) is 25.0 Å². The summed E-state index contributed by atoms with van der Waals surface area (Å²) in [4.78, 5) is -0.361. The summed E-state index contributed by atoms with van der Waals surface area (Å²) in [5.74, 6) is -1.81. The van der Waals surface area contributed by atoms with Crippen LogP contribution in [-0.2, 0) is 10.0 Å². The molecule has 2 N–H and O–H groups in total. The van der Waals surface area contributed by atoms with Crippen LogP contribution in [0.2, 0.25) is 0 Å². The number of halogens is 2. The minimum absolute atomic E-state index is 0.205. The van der Waals surface area contributed by atoms with Crippen LogP contribution in [0.3, 0.4) is 0 Å². The molecular formula is C11H14F2N2O2S. The molecule has 1 atom stereocenters. The molecule has 18 heavy (non-hydrogen) atoms. The molecular weight excluding hydrogens is 262 g/mol. The maximum Gasteiger partial charge on any atom is 0.243 e. The van der Waals surface area contributed by atoms with Crippen molar-refractivity contribution in [3.63, 3.8) is 0 Å². The Hall–Kier alpha value is -1.05. The van der Waals surface area contributed by atoms with Crippen LogP contribution in [0.4, 0.5) is 8.78 Å². The van der Waals surface area contributed by atoms with E-state index in [-0.39, 0.29) is 17.5 Å². The second-order valence-corrected chi connectivity index (χ2v) is 6.14. The van der Waals surface area contributed by atoms with Gasteiger partial charge in [-0.25, -0.2) is 17.2 Å². The smallest absolute Gasteiger partial charge is 0.243 e. The van der Waals surface area contributed by atoms with Crippen molar-refractivity contribution in [2.45, 2.75) is 23.8 Å². The summed E-state index contributed by atoms with van der Waals surface area (Å²) in [6.45, 7) is 0.541. The van der Waals surface area contributed by atoms with E-state index in [0.29, 0.717) is 25.5 Å². The molecule has 0 aliphatic carbocycles. The van der Waals surface area contributed by atoms with Crippen molar-refractivity contribution < 1.29 is 17.2 Å². The molecule has 0 bridgehead atoms. The van der Waals surface area contributed by atoms with E-state index in [0.717, 1.165) is 12.1 Å². The minimum atomic E-state index is -3.87. The Labute approximate surface area is 104 Å². The molecule has 0 saturated carbocycles. The lowest BCUT2D eigenvalue weighted by molar-refractivity contribution is 0.392. The van der Waals surface area contributed by atoms with Gasteiger partial charge in [-0.3, -0.25) is 0 Å². The van der Waals surface area contributed by atoms with Crippen LogP contribution < -0.4 is 5.73 Å². The summed E-state index contributed by atoms with van der Waals surface area (Å²) in [5, 5.41) is 0. The largest absolute Gasteiger partial charge is 0.329 e. The van der Waals surface area contributed by atoms with Gasteiger partial charge in [0.1, 0.15) is 11.6 Å². The van der Waals surface area contributed by atoms with E-state index in [1.165, 1.54) is 4.31 Å². The molecule has 0 spiro atoms. The highest BCUT2D eigenvalue weighted by molar-refractivity contribution is 7.89. The van der Waals surface area contributed by atoms with Crippen molar-refractivity contribution in [1.82, 2.24) is 4.31 Å². The SMILES string of the molecule is NC[C@H]1CCCN1S(=O)(=O)c1cc(F)cc(F)c1. The standard InChI is InChI=1S/C11H14F2N2O2S/c12-8-4-9(13)6-11(5-8)18(16,17)15-3-1-2-10(15)7-14/h4-6,10H,1-3,7,14H2/t10-/m1/s1. The fourth-order valence-electron chi connectivity index (χ4n) is 2.17. The molecule has 0 amide bonds. The highest BCUT2D eigenvalue weighted by atomic mass is 32.2. The Kier molecular flexibility index (Phi) is 3.65. The molecule has 0 radical (unpaired) electrons. The lowest BCUT2D eigenvalue weighted by atomic mass is 10.2. The zero-order valence-corrected chi connectivity index (χ0v) is 10.5. The molecule has 7 heteroatoms. The lowest BCUT2D eigenvalue weighted by Gasteiger charge is -2.22. The van der Waals surface area contributed by atoms with Crippen LogP contribution in [0.1, 0.15) is 12.8 Å². The summed E-state index contributed by atoms with van der Waals surface area (Å²) >= 11 is 0. The van der Waals surface area contributed by atoms with Crippen LogP contribution in [0, 0.1) is 11.6 Å². The van der Waals surface area contributed by atoms with E-state index in [2.05, 4.69) is 0 Å². The van der Waals surface area contributed by atoms with Crippen molar-refractivity contribution in [2.24, 2.45) is 5.73 Å². The monoisotopic (exact) mass is 276 g/mol. The number of sulfonamides is 1. The molecule has 100 valence electrons. The molecule has 1 fully saturated rings. The van der Waals surface area contributed by atoms with Gasteiger partial charge >= 0.3 is 0 Å². The van der Waals surface area contributed by atoms with Gasteiger partial charge in [-0.15, -0.1) is 0 Å². The first-order valence-corrected chi connectivity index (χ1v) is 7.07. The van der Waals surface area contributed by atoms with Gasteiger partial charge in [0.2, 0.25) is 10.0 Å². The number of nitrogens with zero attached hydrogens (tertiary/aromatic N) is 1. The van der Waals surface area contributed by atoms with E-state index in [9.17, 15) is 17.2 Å². The molecule has 2 rings (SSSR count). The molecule has 1 aromatic carbocycles. The van der Waals surface area contributed by atoms with E-state index in [1.54, 1.807) is 0 Å². The van der Waals surface area contributed by atoms with Crippen LogP contribution in [0.15, 0.2) is 23.1 Å². The van der Waals surface area contributed by atoms with Crippen LogP contribution in [-0.4, -0.2) is 31.9 Å². The van der Waals surface area contributed by atoms with Crippen molar-refractivity contribution in [3.05, 3.63) is 29.8 Å². The third kappa shape index (κ3) is 2.38. The van der Waals surface area contributed by atoms with Gasteiger partial charge in [0.15, 0.2) is 0 Å². The molecule has 1 saturated heterocycles. The molecule has 1 aliphatic rings. The fraction of sp³-hybridized carbons (Fsp3) is 0.455. The maximum absolute atomic E-state index is 13.1. The third-order valence-electron chi connectivity index (χ3n) is 3.04. The number of rotatable bonds is 3. The highest BCUT2D eigenvalue weighted by Crippen LogP contribution is 2.26. The van der Waals surface area contributed by atoms with Gasteiger partial charge in [-0.2, -0.15) is 4.31 Å². The first-order chi connectivity index (χ1) is 8.45. The van der Waals surface area contributed by atoms with Crippen LogP contribution >= 0.6 is 0 Å². The predicted octanol–water partition coefficient (Wildman–Crippen LogP) is 1.08. The Morgan fingerprint density at radius 2 is 1.89 bits per heavy atom. The Bertz CT molecular complexity index is 528. The average Bonchev–Trinajstić information content (AvgIpc) is 2.76. The summed E-state index contributed by atoms with van der Waals surface area (Å²) in [5.41, 5.74) is 5.50. The zero-order chi connectivity index (χ0) is 13.3. The number of nitrogens with two attached hydrogens (primary N) is 1. The van der Waals surface area contributed by atoms with Crippen LogP contribution in [0.25, 0.3) is 0 Å². The summed E-state index contributed by atoms with van der Waals surface area (Å²) < 4.78 is 51.9. The molecule has 0 aromatic heterocycles. The van der Waals surface area contributed by atoms with Gasteiger partial charge in [0.25, 0.3) is 0 Å². The first kappa shape index (κ1) is 13.4. The Morgan fingerprint density at radius 1 is 1.28 bits per heavy atom. The molecule has 1 aliphatic heterocycles. The number of benzene rings is 1. The summed E-state index contributed by atoms with van der Waals surface area (Å²) in [6, 6.07) is 2.00.